The second-order valence-electron chi connectivity index (χ2n) is 18.7. The number of hydrogen-bond acceptors (Lipinski definition) is 14. The summed E-state index contributed by atoms with van der Waals surface area (Å²) < 4.78 is 34.2. The third kappa shape index (κ3) is 30.9. The van der Waals surface area contributed by atoms with Crippen LogP contribution in [-0.4, -0.2) is 142 Å². The molecule has 2 aliphatic rings. The first-order chi connectivity index (χ1) is 35.1. The van der Waals surface area contributed by atoms with Crippen LogP contribution in [0.4, 0.5) is 0 Å². The van der Waals surface area contributed by atoms with Crippen molar-refractivity contribution in [1.82, 2.24) is 0 Å². The van der Waals surface area contributed by atoms with E-state index in [0.29, 0.717) is 13.0 Å². The molecule has 14 heteroatoms. The van der Waals surface area contributed by atoms with Crippen LogP contribution in [0.15, 0.2) is 97.2 Å². The minimum atomic E-state index is -1.72. The Balaban J connectivity index is 1.77. The third-order valence-corrected chi connectivity index (χ3v) is 12.3. The van der Waals surface area contributed by atoms with E-state index < -0.39 is 86.7 Å². The van der Waals surface area contributed by atoms with E-state index in [2.05, 4.69) is 111 Å². The van der Waals surface area contributed by atoms with Crippen molar-refractivity contribution < 1.29 is 69.0 Å². The molecule has 0 radical (unpaired) electrons. The molecule has 0 saturated carbocycles. The molecule has 2 heterocycles. The molecule has 0 aromatic heterocycles. The van der Waals surface area contributed by atoms with Gasteiger partial charge in [-0.05, 0) is 96.3 Å². The Hall–Kier alpha value is -3.09. The number of carbonyl (C=O) groups is 1. The molecule has 2 fully saturated rings. The van der Waals surface area contributed by atoms with Crippen LogP contribution < -0.4 is 0 Å². The zero-order valence-electron chi connectivity index (χ0n) is 43.9. The first-order valence-electron chi connectivity index (χ1n) is 27.3. The van der Waals surface area contributed by atoms with Gasteiger partial charge in [0.2, 0.25) is 0 Å². The van der Waals surface area contributed by atoms with Crippen LogP contribution in [-0.2, 0) is 33.2 Å². The molecule has 0 amide bonds. The van der Waals surface area contributed by atoms with Crippen LogP contribution in [0.2, 0.25) is 0 Å². The molecule has 2 aliphatic heterocycles. The van der Waals surface area contributed by atoms with E-state index in [1.807, 2.05) is 0 Å². The summed E-state index contributed by atoms with van der Waals surface area (Å²) in [6, 6.07) is 0. The third-order valence-electron chi connectivity index (χ3n) is 12.3. The lowest BCUT2D eigenvalue weighted by Gasteiger charge is -2.42. The molecule has 0 bridgehead atoms. The molecular formula is C58H96O14. The molecule has 2 saturated heterocycles. The number of allylic oxidation sites excluding steroid dienone is 16. The second kappa shape index (κ2) is 44.2. The summed E-state index contributed by atoms with van der Waals surface area (Å²) in [5, 5.41) is 72.2. The maximum absolute atomic E-state index is 13.0. The van der Waals surface area contributed by atoms with Gasteiger partial charge in [-0.3, -0.25) is 4.79 Å². The van der Waals surface area contributed by atoms with Crippen LogP contribution in [0, 0.1) is 0 Å². The highest BCUT2D eigenvalue weighted by molar-refractivity contribution is 5.69. The van der Waals surface area contributed by atoms with E-state index in [4.69, 9.17) is 28.4 Å². The summed E-state index contributed by atoms with van der Waals surface area (Å²) in [5.74, 6) is -0.405. The van der Waals surface area contributed by atoms with Gasteiger partial charge < -0.3 is 64.2 Å². The number of ether oxygens (including phenoxy) is 6. The van der Waals surface area contributed by atoms with Crippen LogP contribution >= 0.6 is 0 Å². The highest BCUT2D eigenvalue weighted by atomic mass is 16.7. The number of esters is 1. The monoisotopic (exact) mass is 1020 g/mol. The summed E-state index contributed by atoms with van der Waals surface area (Å²) in [4.78, 5) is 13.0. The molecule has 0 aliphatic carbocycles. The van der Waals surface area contributed by atoms with Gasteiger partial charge in [-0.15, -0.1) is 0 Å². The van der Waals surface area contributed by atoms with Crippen molar-refractivity contribution in [2.24, 2.45) is 0 Å². The Morgan fingerprint density at radius 1 is 0.472 bits per heavy atom. The normalized spacial score (nSPS) is 25.9. The van der Waals surface area contributed by atoms with Crippen molar-refractivity contribution in [3.63, 3.8) is 0 Å². The Labute approximate surface area is 432 Å². The Kier molecular flexibility index (Phi) is 39.9. The van der Waals surface area contributed by atoms with Gasteiger partial charge in [0, 0.05) is 13.0 Å². The Bertz CT molecular complexity index is 1550. The zero-order valence-corrected chi connectivity index (χ0v) is 43.9. The fourth-order valence-corrected chi connectivity index (χ4v) is 7.90. The number of hydrogen-bond donors (Lipinski definition) is 7. The second-order valence-corrected chi connectivity index (χ2v) is 18.7. The Morgan fingerprint density at radius 2 is 0.903 bits per heavy atom. The summed E-state index contributed by atoms with van der Waals surface area (Å²) in [6.45, 7) is 3.41. The fourth-order valence-electron chi connectivity index (χ4n) is 7.90. The number of aliphatic hydroxyl groups excluding tert-OH is 7. The van der Waals surface area contributed by atoms with Gasteiger partial charge >= 0.3 is 5.97 Å². The van der Waals surface area contributed by atoms with E-state index in [-0.39, 0.29) is 19.6 Å². The average molecular weight is 1020 g/mol. The summed E-state index contributed by atoms with van der Waals surface area (Å²) in [5.41, 5.74) is 0. The SMILES string of the molecule is CC/C=C\C/C=C\C/C=C\C/C=C\C/C=C\C/C=C\C/C=C\CCCCOCC(COC1OC(COC2OC(CO)C(O)C(O)C2O)C(O)C(O)C1O)OC(=O)CCCCCCC/C=C\CCCCCCC. The molecule has 14 nitrogen and oxygen atoms in total. The van der Waals surface area contributed by atoms with E-state index in [9.17, 15) is 40.5 Å². The van der Waals surface area contributed by atoms with Crippen molar-refractivity contribution in [1.29, 1.82) is 0 Å². The smallest absolute Gasteiger partial charge is 0.306 e. The van der Waals surface area contributed by atoms with Crippen molar-refractivity contribution in [3.8, 4) is 0 Å². The van der Waals surface area contributed by atoms with Gasteiger partial charge in [-0.2, -0.15) is 0 Å². The lowest BCUT2D eigenvalue weighted by Crippen LogP contribution is -2.61. The van der Waals surface area contributed by atoms with Crippen LogP contribution in [0.25, 0.3) is 0 Å². The van der Waals surface area contributed by atoms with Crippen LogP contribution in [0.1, 0.15) is 162 Å². The summed E-state index contributed by atoms with van der Waals surface area (Å²) >= 11 is 0. The standard InChI is InChI=1S/C58H96O14/c1-3-5-7-9-11-13-15-17-19-20-21-22-23-24-25-26-27-28-30-32-34-36-38-40-42-67-44-47(70-50(60)41-39-37-35-33-31-29-18-16-14-12-10-8-6-4-2)45-68-57-56(66)54(64)52(62)49(72-57)46-69-58-55(65)53(63)51(61)48(43-59)71-58/h5,7,11,13,16-19,21-22,24-25,27-28,32,34,47-49,51-59,61-66H,3-4,6,8-10,12,14-15,20,23,26,29-31,33,35-46H2,1-2H3/b7-5-,13-11-,18-16-,19-17-,22-21-,25-24-,28-27-,34-32-. The molecular weight excluding hydrogens is 921 g/mol. The van der Waals surface area contributed by atoms with E-state index in [1.54, 1.807) is 0 Å². The first kappa shape index (κ1) is 65.0. The predicted molar refractivity (Wildman–Crippen MR) is 284 cm³/mol. The predicted octanol–water partition coefficient (Wildman–Crippen LogP) is 9.02. The Morgan fingerprint density at radius 3 is 1.43 bits per heavy atom. The summed E-state index contributed by atoms with van der Waals surface area (Å²) in [6.07, 6.45) is 41.9. The van der Waals surface area contributed by atoms with E-state index in [1.165, 1.54) is 32.1 Å². The zero-order chi connectivity index (χ0) is 52.3. The number of carbonyl (C=O) groups excluding carboxylic acids is 1. The molecule has 11 atom stereocenters. The quantitative estimate of drug-likeness (QED) is 0.0173. The molecule has 11 unspecified atom stereocenters. The average Bonchev–Trinajstić information content (AvgIpc) is 3.38. The fraction of sp³-hybridized carbons (Fsp3) is 0.707. The minimum Gasteiger partial charge on any atom is -0.457 e. The van der Waals surface area contributed by atoms with Crippen molar-refractivity contribution >= 4 is 5.97 Å². The molecule has 72 heavy (non-hydrogen) atoms. The summed E-state index contributed by atoms with van der Waals surface area (Å²) in [7, 11) is 0. The van der Waals surface area contributed by atoms with E-state index in [0.717, 1.165) is 103 Å². The van der Waals surface area contributed by atoms with Crippen molar-refractivity contribution in [2.45, 2.75) is 229 Å². The van der Waals surface area contributed by atoms with Gasteiger partial charge in [-0.25, -0.2) is 0 Å². The highest BCUT2D eigenvalue weighted by Gasteiger charge is 2.47. The largest absolute Gasteiger partial charge is 0.457 e. The lowest BCUT2D eigenvalue weighted by molar-refractivity contribution is -0.332. The highest BCUT2D eigenvalue weighted by Crippen LogP contribution is 2.26. The molecule has 0 spiro atoms. The lowest BCUT2D eigenvalue weighted by atomic mass is 9.98. The van der Waals surface area contributed by atoms with Gasteiger partial charge in [0.15, 0.2) is 12.6 Å². The number of aliphatic hydroxyl groups is 7. The first-order valence-corrected chi connectivity index (χ1v) is 27.3. The van der Waals surface area contributed by atoms with Crippen LogP contribution in [0.3, 0.4) is 0 Å². The molecule has 7 N–H and O–H groups in total. The number of rotatable bonds is 42. The number of unbranched alkanes of at least 4 members (excludes halogenated alkanes) is 12. The van der Waals surface area contributed by atoms with Crippen LogP contribution in [0.5, 0.6) is 0 Å². The maximum Gasteiger partial charge on any atom is 0.306 e. The van der Waals surface area contributed by atoms with Gasteiger partial charge in [-0.1, -0.05) is 156 Å². The maximum atomic E-state index is 13.0. The van der Waals surface area contributed by atoms with E-state index >= 15 is 0 Å². The minimum absolute atomic E-state index is 0.0220. The topological polar surface area (TPSA) is 214 Å². The molecule has 0 aromatic carbocycles. The molecule has 412 valence electrons. The van der Waals surface area contributed by atoms with Gasteiger partial charge in [0.1, 0.15) is 54.9 Å². The van der Waals surface area contributed by atoms with Crippen molar-refractivity contribution in [2.75, 3.05) is 33.0 Å². The van der Waals surface area contributed by atoms with Gasteiger partial charge in [0.25, 0.3) is 0 Å². The molecule has 0 aromatic rings. The molecule has 2 rings (SSSR count). The van der Waals surface area contributed by atoms with Gasteiger partial charge in [0.05, 0.1) is 26.4 Å². The van der Waals surface area contributed by atoms with Crippen molar-refractivity contribution in [3.05, 3.63) is 97.2 Å².